The van der Waals surface area contributed by atoms with E-state index in [1.165, 1.54) is 0 Å². The number of primary amides is 1. The van der Waals surface area contributed by atoms with Crippen LogP contribution in [0.1, 0.15) is 99.9 Å². The van der Waals surface area contributed by atoms with Crippen molar-refractivity contribution in [2.75, 3.05) is 129 Å². The van der Waals surface area contributed by atoms with E-state index in [2.05, 4.69) is 36.4 Å². The number of para-hydroxylation sites is 1. The van der Waals surface area contributed by atoms with E-state index in [0.29, 0.717) is 170 Å². The van der Waals surface area contributed by atoms with Crippen LogP contribution < -0.4 is 37.1 Å². The third-order valence-corrected chi connectivity index (χ3v) is 17.6. The van der Waals surface area contributed by atoms with Crippen LogP contribution >= 0.6 is 11.8 Å². The maximum Gasteiger partial charge on any atom is 0.254 e. The largest absolute Gasteiger partial charge is 0.457 e. The summed E-state index contributed by atoms with van der Waals surface area (Å²) in [4.78, 5) is 81.4. The number of benzene rings is 2. The molecule has 1 unspecified atom stereocenters. The van der Waals surface area contributed by atoms with Gasteiger partial charge < -0.3 is 56.2 Å². The smallest absolute Gasteiger partial charge is 0.254 e. The van der Waals surface area contributed by atoms with Gasteiger partial charge in [-0.1, -0.05) is 30.7 Å². The lowest BCUT2D eigenvalue weighted by Gasteiger charge is -2.38. The van der Waals surface area contributed by atoms with Gasteiger partial charge in [0.1, 0.15) is 28.6 Å². The van der Waals surface area contributed by atoms with E-state index in [1.807, 2.05) is 82.0 Å². The quantitative estimate of drug-likeness (QED) is 0.0349. The van der Waals surface area contributed by atoms with E-state index < -0.39 is 5.91 Å². The molecule has 448 valence electrons. The van der Waals surface area contributed by atoms with Gasteiger partial charge in [0.15, 0.2) is 0 Å². The number of fused-ring (bicyclic) bond motifs is 2. The normalized spacial score (nSPS) is 20.2. The molecule has 5 aliphatic heterocycles. The van der Waals surface area contributed by atoms with Gasteiger partial charge in [0, 0.05) is 152 Å². The molecule has 6 amide bonds. The molecule has 3 aromatic rings. The average Bonchev–Trinajstić information content (AvgIpc) is 3.83. The number of piperazine rings is 1. The Morgan fingerprint density at radius 2 is 1.33 bits per heavy atom. The molecule has 5 aliphatic rings. The molecule has 4 fully saturated rings. The number of hydrogen-bond donors (Lipinski definition) is 6. The van der Waals surface area contributed by atoms with Gasteiger partial charge in [0.2, 0.25) is 29.5 Å². The Kier molecular flexibility index (Phi) is 25.2. The molecule has 2 aromatic carbocycles. The van der Waals surface area contributed by atoms with Crippen LogP contribution in [-0.4, -0.2) is 195 Å². The van der Waals surface area contributed by atoms with Gasteiger partial charge in [-0.3, -0.25) is 38.6 Å². The monoisotopic (exact) mass is 1150 g/mol. The molecule has 0 saturated carbocycles. The predicted octanol–water partition coefficient (Wildman–Crippen LogP) is 4.74. The van der Waals surface area contributed by atoms with Gasteiger partial charge in [-0.15, -0.1) is 0 Å². The third kappa shape index (κ3) is 19.5. The molecule has 22 heteroatoms. The minimum Gasteiger partial charge on any atom is -0.457 e. The summed E-state index contributed by atoms with van der Waals surface area (Å²) in [6.07, 6.45) is 12.9. The van der Waals surface area contributed by atoms with Gasteiger partial charge in [-0.2, -0.15) is 16.9 Å². The number of carbonyl (C=O) groups excluding carboxylic acids is 6. The average molecular weight is 1150 g/mol. The highest BCUT2D eigenvalue weighted by molar-refractivity contribution is 8.00. The first-order valence-electron chi connectivity index (χ1n) is 29.9. The molecular formula is C60H87N11O10S. The number of carbonyl (C=O) groups is 6. The summed E-state index contributed by atoms with van der Waals surface area (Å²) < 4.78 is 24.7. The number of hydrogen-bond acceptors (Lipinski definition) is 15. The lowest BCUT2D eigenvalue weighted by molar-refractivity contribution is -0.128. The van der Waals surface area contributed by atoms with Gasteiger partial charge in [0.25, 0.3) is 5.91 Å². The lowest BCUT2D eigenvalue weighted by Crippen LogP contribution is -2.48. The third-order valence-electron chi connectivity index (χ3n) is 16.1. The summed E-state index contributed by atoms with van der Waals surface area (Å²) in [6, 6.07) is 17.5. The van der Waals surface area contributed by atoms with Crippen LogP contribution in [0, 0.1) is 11.8 Å². The maximum absolute atomic E-state index is 13.3. The molecular weight excluding hydrogens is 1070 g/mol. The van der Waals surface area contributed by atoms with E-state index in [4.69, 9.17) is 29.8 Å². The Bertz CT molecular complexity index is 2540. The fraction of sp³-hybridized carbons (Fsp3) is 0.617. The topological polar surface area (TPSA) is 253 Å². The number of anilines is 1. The van der Waals surface area contributed by atoms with Crippen LogP contribution in [0.5, 0.6) is 11.5 Å². The number of amides is 6. The first kappa shape index (κ1) is 62.0. The number of nitrogens with two attached hydrogens (primary N) is 1. The zero-order valence-corrected chi connectivity index (χ0v) is 48.5. The molecule has 82 heavy (non-hydrogen) atoms. The summed E-state index contributed by atoms with van der Waals surface area (Å²) >= 11 is 1.96. The molecule has 4 saturated heterocycles. The molecule has 21 nitrogen and oxygen atoms in total. The number of thioether (sulfide) groups is 1. The van der Waals surface area contributed by atoms with Crippen molar-refractivity contribution in [3.8, 4) is 22.8 Å². The van der Waals surface area contributed by atoms with Gasteiger partial charge in [-0.05, 0) is 93.7 Å². The van der Waals surface area contributed by atoms with Crippen LogP contribution in [-0.2, 0) is 38.2 Å². The van der Waals surface area contributed by atoms with E-state index >= 15 is 0 Å². The number of unbranched alkanes of at least 4 members (excludes halogenated alkanes) is 1. The van der Waals surface area contributed by atoms with Crippen molar-refractivity contribution in [3.63, 3.8) is 0 Å². The van der Waals surface area contributed by atoms with Crippen molar-refractivity contribution in [3.05, 3.63) is 72.3 Å². The van der Waals surface area contributed by atoms with Gasteiger partial charge >= 0.3 is 0 Å². The van der Waals surface area contributed by atoms with Crippen molar-refractivity contribution in [1.29, 1.82) is 0 Å². The highest BCUT2D eigenvalue weighted by Crippen LogP contribution is 2.42. The maximum atomic E-state index is 13.3. The molecule has 4 atom stereocenters. The van der Waals surface area contributed by atoms with Crippen LogP contribution in [0.2, 0.25) is 0 Å². The summed E-state index contributed by atoms with van der Waals surface area (Å²) in [7, 11) is 0. The summed E-state index contributed by atoms with van der Waals surface area (Å²) in [6.45, 7) is 11.6. The number of nitrogens with zero attached hydrogens (tertiary/aromatic N) is 5. The zero-order chi connectivity index (χ0) is 57.3. The molecule has 0 aliphatic carbocycles. The van der Waals surface area contributed by atoms with Gasteiger partial charge in [0.05, 0.1) is 32.5 Å². The standard InChI is InChI=1S/C60H87N11O10S/c61-59(77)57-58(45-17-19-47(20-18-45)81-46-10-2-1-3-11-46)67-71-50(21-26-65-60(57)71)44-22-29-70(30-23-44)56(76)16-7-28-68-32-34-69(35-33-68)31-27-64-54(74)15-6-14-53(73)63-25-9-37-79-39-41-80-40-38-78-36-8-24-62-52(72)13-5-4-12-51-48-42-55(75)66-49(48)43-82-51/h1-3,7,10-11,16-20,44,48-51,65H,4-6,8-9,12-15,21-43H2,(H2,61,77)(H,62,72)(H,63,73)(H,64,74)(H,66,75)/b16-7+/t48-,49-,50+,51?/m1/s1. The Morgan fingerprint density at radius 3 is 2.00 bits per heavy atom. The fourth-order valence-corrected chi connectivity index (χ4v) is 13.2. The van der Waals surface area contributed by atoms with E-state index in [-0.39, 0.29) is 35.6 Å². The number of rotatable bonds is 34. The minimum absolute atomic E-state index is 0.0290. The molecule has 1 aromatic heterocycles. The Balaban J connectivity index is 0.576. The second kappa shape index (κ2) is 33.3. The van der Waals surface area contributed by atoms with E-state index in [0.717, 1.165) is 94.7 Å². The van der Waals surface area contributed by atoms with Crippen LogP contribution in [0.3, 0.4) is 0 Å². The lowest BCUT2D eigenvalue weighted by atomic mass is 9.87. The highest BCUT2D eigenvalue weighted by Gasteiger charge is 2.43. The molecule has 7 N–H and O–H groups in total. The summed E-state index contributed by atoms with van der Waals surface area (Å²) in [5, 5.41) is 20.9. The second-order valence-corrected chi connectivity index (χ2v) is 23.2. The Morgan fingerprint density at radius 1 is 0.707 bits per heavy atom. The van der Waals surface area contributed by atoms with Crippen molar-refractivity contribution < 1.29 is 47.7 Å². The number of piperidine rings is 1. The number of nitrogens with one attached hydrogen (secondary N) is 5. The SMILES string of the molecule is NC(=O)c1c(-c2ccc(Oc3ccccc3)cc2)nn2c1NCC[C@H]2C1CCN(C(=O)/C=C/CN2CCN(CCNC(=O)CCCC(=O)NCCCOCCOCCOCCCNC(=O)CCCCC3SC[C@H]4NC(=O)C[C@@H]34)CC2)CC1. The minimum atomic E-state index is -0.530. The van der Waals surface area contributed by atoms with Crippen LogP contribution in [0.15, 0.2) is 66.7 Å². The van der Waals surface area contributed by atoms with Crippen molar-refractivity contribution in [2.24, 2.45) is 17.6 Å². The molecule has 8 rings (SSSR count). The Labute approximate surface area is 487 Å². The van der Waals surface area contributed by atoms with Crippen molar-refractivity contribution in [1.82, 2.24) is 45.7 Å². The van der Waals surface area contributed by atoms with E-state index in [9.17, 15) is 28.8 Å². The predicted molar refractivity (Wildman–Crippen MR) is 315 cm³/mol. The summed E-state index contributed by atoms with van der Waals surface area (Å²) in [5.41, 5.74) is 7.68. The van der Waals surface area contributed by atoms with Crippen LogP contribution in [0.4, 0.5) is 5.82 Å². The summed E-state index contributed by atoms with van der Waals surface area (Å²) in [5.74, 6) is 3.48. The number of aromatic nitrogens is 2. The van der Waals surface area contributed by atoms with Gasteiger partial charge in [-0.25, -0.2) is 4.68 Å². The number of ether oxygens (including phenoxy) is 4. The molecule has 0 radical (unpaired) electrons. The molecule has 6 heterocycles. The first-order chi connectivity index (χ1) is 40.1. The highest BCUT2D eigenvalue weighted by atomic mass is 32.2. The van der Waals surface area contributed by atoms with Crippen molar-refractivity contribution in [2.45, 2.75) is 101 Å². The second-order valence-electron chi connectivity index (χ2n) is 21.9. The Hall–Kier alpha value is -6.04. The van der Waals surface area contributed by atoms with E-state index in [1.54, 1.807) is 6.08 Å². The van der Waals surface area contributed by atoms with Crippen molar-refractivity contribution >= 4 is 53.0 Å². The zero-order valence-electron chi connectivity index (χ0n) is 47.7. The fourth-order valence-electron chi connectivity index (χ4n) is 11.5. The first-order valence-corrected chi connectivity index (χ1v) is 31.0. The molecule has 0 spiro atoms. The van der Waals surface area contributed by atoms with Crippen LogP contribution in [0.25, 0.3) is 11.3 Å². The molecule has 0 bridgehead atoms. The number of likely N-dealkylation sites (tertiary alicyclic amines) is 1.